The molecule has 2 N–H and O–H groups in total. The lowest BCUT2D eigenvalue weighted by molar-refractivity contribution is 0.414. The van der Waals surface area contributed by atoms with Gasteiger partial charge in [0.15, 0.2) is 0 Å². The molecule has 0 bridgehead atoms. The summed E-state index contributed by atoms with van der Waals surface area (Å²) >= 11 is 5.00. The predicted octanol–water partition coefficient (Wildman–Crippen LogP) is 1.57. The first kappa shape index (κ1) is 11.6. The van der Waals surface area contributed by atoms with Crippen LogP contribution in [0.5, 0.6) is 5.75 Å². The summed E-state index contributed by atoms with van der Waals surface area (Å²) in [5.41, 5.74) is 7.53. The number of imidazole rings is 1. The number of hydrogen-bond donors (Lipinski definition) is 1. The van der Waals surface area contributed by atoms with Crippen molar-refractivity contribution in [2.75, 3.05) is 7.11 Å². The molecule has 1 aromatic carbocycles. The summed E-state index contributed by atoms with van der Waals surface area (Å²) in [6.07, 6.45) is 5.42. The van der Waals surface area contributed by atoms with Gasteiger partial charge >= 0.3 is 0 Å². The number of benzene rings is 1. The normalized spacial score (nSPS) is 10.2. The third-order valence-electron chi connectivity index (χ3n) is 2.45. The van der Waals surface area contributed by atoms with E-state index in [1.807, 2.05) is 29.0 Å². The lowest BCUT2D eigenvalue weighted by atomic mass is 10.1. The second-order valence-corrected chi connectivity index (χ2v) is 4.07. The number of methoxy groups -OCH3 is 1. The molecule has 0 saturated heterocycles. The molecule has 0 spiro atoms. The minimum atomic E-state index is 0.342. The van der Waals surface area contributed by atoms with Crippen molar-refractivity contribution < 1.29 is 4.74 Å². The molecular formula is C12H13N3OS. The first-order valence-corrected chi connectivity index (χ1v) is 5.54. The number of aromatic nitrogens is 2. The molecule has 0 aliphatic carbocycles. The quantitative estimate of drug-likeness (QED) is 0.833. The van der Waals surface area contributed by atoms with Crippen molar-refractivity contribution in [2.45, 2.75) is 6.54 Å². The first-order chi connectivity index (χ1) is 8.20. The zero-order chi connectivity index (χ0) is 12.3. The van der Waals surface area contributed by atoms with Crippen molar-refractivity contribution in [1.29, 1.82) is 0 Å². The van der Waals surface area contributed by atoms with E-state index in [0.29, 0.717) is 10.7 Å². The molecule has 0 saturated carbocycles. The van der Waals surface area contributed by atoms with E-state index in [1.165, 1.54) is 0 Å². The molecule has 0 aliphatic heterocycles. The van der Waals surface area contributed by atoms with Crippen LogP contribution in [0.4, 0.5) is 0 Å². The molecule has 2 aromatic rings. The van der Waals surface area contributed by atoms with Gasteiger partial charge in [-0.2, -0.15) is 0 Å². The molecule has 88 valence electrons. The summed E-state index contributed by atoms with van der Waals surface area (Å²) < 4.78 is 7.19. The largest absolute Gasteiger partial charge is 0.496 e. The Kier molecular flexibility index (Phi) is 3.39. The van der Waals surface area contributed by atoms with Gasteiger partial charge in [-0.25, -0.2) is 4.98 Å². The van der Waals surface area contributed by atoms with Crippen molar-refractivity contribution in [3.8, 4) is 5.75 Å². The predicted molar refractivity (Wildman–Crippen MR) is 70.2 cm³/mol. The highest BCUT2D eigenvalue weighted by atomic mass is 32.1. The third-order valence-corrected chi connectivity index (χ3v) is 2.67. The highest BCUT2D eigenvalue weighted by Gasteiger charge is 2.07. The standard InChI is InChI=1S/C12H13N3OS/c1-16-11-3-2-9(6-10(11)12(13)17)7-15-5-4-14-8-15/h2-6,8H,7H2,1H3,(H2,13,17). The van der Waals surface area contributed by atoms with Crippen LogP contribution in [0.25, 0.3) is 0 Å². The van der Waals surface area contributed by atoms with Gasteiger partial charge in [0.25, 0.3) is 0 Å². The van der Waals surface area contributed by atoms with Gasteiger partial charge in [-0.05, 0) is 17.7 Å². The van der Waals surface area contributed by atoms with E-state index in [2.05, 4.69) is 4.98 Å². The summed E-state index contributed by atoms with van der Waals surface area (Å²) in [5.74, 6) is 0.701. The van der Waals surface area contributed by atoms with Crippen LogP contribution in [0.3, 0.4) is 0 Å². The highest BCUT2D eigenvalue weighted by Crippen LogP contribution is 2.20. The van der Waals surface area contributed by atoms with Crippen LogP contribution in [0, 0.1) is 0 Å². The van der Waals surface area contributed by atoms with Crippen LogP contribution in [0.15, 0.2) is 36.9 Å². The Morgan fingerprint density at radius 2 is 2.35 bits per heavy atom. The molecule has 0 atom stereocenters. The SMILES string of the molecule is COc1ccc(Cn2ccnc2)cc1C(N)=S. The average molecular weight is 247 g/mol. The van der Waals surface area contributed by atoms with Gasteiger partial charge in [0, 0.05) is 18.9 Å². The summed E-state index contributed by atoms with van der Waals surface area (Å²) in [5, 5.41) is 0. The maximum absolute atomic E-state index is 5.66. The number of nitrogens with zero attached hydrogens (tertiary/aromatic N) is 2. The van der Waals surface area contributed by atoms with Crippen LogP contribution >= 0.6 is 12.2 Å². The van der Waals surface area contributed by atoms with Gasteiger partial charge in [-0.15, -0.1) is 0 Å². The van der Waals surface area contributed by atoms with E-state index in [4.69, 9.17) is 22.7 Å². The fourth-order valence-electron chi connectivity index (χ4n) is 1.64. The maximum Gasteiger partial charge on any atom is 0.129 e. The van der Waals surface area contributed by atoms with Gasteiger partial charge in [-0.1, -0.05) is 18.3 Å². The minimum Gasteiger partial charge on any atom is -0.496 e. The summed E-state index contributed by atoms with van der Waals surface area (Å²) in [7, 11) is 1.60. The number of thiocarbonyl (C=S) groups is 1. The summed E-state index contributed by atoms with van der Waals surface area (Å²) in [4.78, 5) is 4.34. The molecule has 2 rings (SSSR count). The Balaban J connectivity index is 2.30. The van der Waals surface area contributed by atoms with E-state index in [9.17, 15) is 0 Å². The molecule has 17 heavy (non-hydrogen) atoms. The Morgan fingerprint density at radius 3 is 2.94 bits per heavy atom. The maximum atomic E-state index is 5.66. The molecule has 0 radical (unpaired) electrons. The van der Waals surface area contributed by atoms with Crippen LogP contribution in [-0.4, -0.2) is 21.6 Å². The number of ether oxygens (including phenoxy) is 1. The molecule has 5 heteroatoms. The molecule has 1 aromatic heterocycles. The monoisotopic (exact) mass is 247 g/mol. The van der Waals surface area contributed by atoms with Crippen molar-refractivity contribution in [3.05, 3.63) is 48.0 Å². The smallest absolute Gasteiger partial charge is 0.129 e. The van der Waals surface area contributed by atoms with Crippen molar-refractivity contribution in [2.24, 2.45) is 5.73 Å². The van der Waals surface area contributed by atoms with Gasteiger partial charge in [0.1, 0.15) is 10.7 Å². The lowest BCUT2D eigenvalue weighted by Gasteiger charge is -2.10. The molecule has 0 unspecified atom stereocenters. The van der Waals surface area contributed by atoms with Crippen molar-refractivity contribution >= 4 is 17.2 Å². The fraction of sp³-hybridized carbons (Fsp3) is 0.167. The Hall–Kier alpha value is -1.88. The molecule has 0 amide bonds. The van der Waals surface area contributed by atoms with Crippen LogP contribution < -0.4 is 10.5 Å². The third kappa shape index (κ3) is 2.62. The van der Waals surface area contributed by atoms with Crippen molar-refractivity contribution in [3.63, 3.8) is 0 Å². The second kappa shape index (κ2) is 4.97. The van der Waals surface area contributed by atoms with Crippen LogP contribution in [0.2, 0.25) is 0 Å². The van der Waals surface area contributed by atoms with E-state index in [1.54, 1.807) is 19.6 Å². The zero-order valence-corrected chi connectivity index (χ0v) is 10.3. The van der Waals surface area contributed by atoms with E-state index >= 15 is 0 Å². The Labute approximate surface area is 105 Å². The topological polar surface area (TPSA) is 53.1 Å². The molecule has 1 heterocycles. The summed E-state index contributed by atoms with van der Waals surface area (Å²) in [6.45, 7) is 0.736. The van der Waals surface area contributed by atoms with Crippen molar-refractivity contribution in [1.82, 2.24) is 9.55 Å². The van der Waals surface area contributed by atoms with Gasteiger partial charge in [0.05, 0.1) is 19.0 Å². The van der Waals surface area contributed by atoms with Gasteiger partial charge in [0.2, 0.25) is 0 Å². The van der Waals surface area contributed by atoms with Crippen LogP contribution in [-0.2, 0) is 6.54 Å². The molecule has 4 nitrogen and oxygen atoms in total. The zero-order valence-electron chi connectivity index (χ0n) is 9.46. The van der Waals surface area contributed by atoms with Gasteiger partial charge < -0.3 is 15.0 Å². The lowest BCUT2D eigenvalue weighted by Crippen LogP contribution is -2.12. The fourth-order valence-corrected chi connectivity index (χ4v) is 1.80. The second-order valence-electron chi connectivity index (χ2n) is 3.63. The van der Waals surface area contributed by atoms with Gasteiger partial charge in [-0.3, -0.25) is 0 Å². The van der Waals surface area contributed by atoms with E-state index in [-0.39, 0.29) is 0 Å². The summed E-state index contributed by atoms with van der Waals surface area (Å²) in [6, 6.07) is 5.81. The molecule has 0 fully saturated rings. The number of nitrogens with two attached hydrogens (primary N) is 1. The van der Waals surface area contributed by atoms with Crippen LogP contribution in [0.1, 0.15) is 11.1 Å². The minimum absolute atomic E-state index is 0.342. The van der Waals surface area contributed by atoms with E-state index in [0.717, 1.165) is 17.7 Å². The molecule has 0 aliphatic rings. The molecular weight excluding hydrogens is 234 g/mol. The number of hydrogen-bond acceptors (Lipinski definition) is 3. The Morgan fingerprint density at radius 1 is 1.53 bits per heavy atom. The first-order valence-electron chi connectivity index (χ1n) is 5.13. The number of rotatable bonds is 4. The highest BCUT2D eigenvalue weighted by molar-refractivity contribution is 7.80. The average Bonchev–Trinajstić information content (AvgIpc) is 2.81. The Bertz CT molecular complexity index is 523. The van der Waals surface area contributed by atoms with E-state index < -0.39 is 0 Å².